The van der Waals surface area contributed by atoms with Gasteiger partial charge in [0.05, 0.1) is 11.3 Å². The van der Waals surface area contributed by atoms with Crippen molar-refractivity contribution < 1.29 is 14.0 Å². The average molecular weight is 305 g/mol. The summed E-state index contributed by atoms with van der Waals surface area (Å²) in [5.41, 5.74) is 1.65. The predicted octanol–water partition coefficient (Wildman–Crippen LogP) is 3.11. The molecule has 0 saturated heterocycles. The van der Waals surface area contributed by atoms with Crippen LogP contribution in [0.4, 0.5) is 0 Å². The number of carbonyl (C=O) groups is 1. The van der Waals surface area contributed by atoms with E-state index in [2.05, 4.69) is 9.99 Å². The summed E-state index contributed by atoms with van der Waals surface area (Å²) in [6.45, 7) is 4.80. The molecule has 0 saturated carbocycles. The lowest BCUT2D eigenvalue weighted by molar-refractivity contribution is -0.140. The maximum atomic E-state index is 12.0. The van der Waals surface area contributed by atoms with Gasteiger partial charge in [-0.3, -0.25) is 0 Å². The lowest BCUT2D eigenvalue weighted by Gasteiger charge is -2.06. The fourth-order valence-electron chi connectivity index (χ4n) is 1.90. The zero-order chi connectivity index (χ0) is 15.6. The Kier molecular flexibility index (Phi) is 4.47. The molecule has 0 aliphatic heterocycles. The number of benzene rings is 1. The molecule has 6 heteroatoms. The molecule has 0 atom stereocenters. The van der Waals surface area contributed by atoms with Gasteiger partial charge in [0.15, 0.2) is 0 Å². The van der Waals surface area contributed by atoms with E-state index in [4.69, 9.17) is 4.42 Å². The molecule has 21 heavy (non-hydrogen) atoms. The van der Waals surface area contributed by atoms with Crippen molar-refractivity contribution in [2.24, 2.45) is 5.16 Å². The van der Waals surface area contributed by atoms with Gasteiger partial charge in [0, 0.05) is 17.2 Å². The Morgan fingerprint density at radius 2 is 2.00 bits per heavy atom. The Labute approximate surface area is 126 Å². The van der Waals surface area contributed by atoms with Gasteiger partial charge < -0.3 is 9.25 Å². The largest absolute Gasteiger partial charge is 0.422 e. The van der Waals surface area contributed by atoms with Gasteiger partial charge in [-0.15, -0.1) is 11.8 Å². The van der Waals surface area contributed by atoms with E-state index in [-0.39, 0.29) is 5.56 Å². The summed E-state index contributed by atoms with van der Waals surface area (Å²) >= 11 is 1.62. The average Bonchev–Trinajstić information content (AvgIpc) is 2.43. The number of rotatable bonds is 3. The van der Waals surface area contributed by atoms with Gasteiger partial charge in [-0.1, -0.05) is 5.16 Å². The molecule has 0 aliphatic carbocycles. The summed E-state index contributed by atoms with van der Waals surface area (Å²) < 4.78 is 5.31. The predicted molar refractivity (Wildman–Crippen MR) is 83.0 cm³/mol. The van der Waals surface area contributed by atoms with Crippen LogP contribution in [0.5, 0.6) is 0 Å². The first-order valence-corrected chi connectivity index (χ1v) is 7.50. The van der Waals surface area contributed by atoms with Crippen LogP contribution in [0.15, 0.2) is 37.5 Å². The minimum absolute atomic E-state index is 0.277. The number of fused-ring (bicyclic) bond motifs is 1. The maximum absolute atomic E-state index is 12.0. The van der Waals surface area contributed by atoms with Crippen LogP contribution in [-0.2, 0) is 9.63 Å². The van der Waals surface area contributed by atoms with Crippen LogP contribution < -0.4 is 5.63 Å². The van der Waals surface area contributed by atoms with Crippen LogP contribution in [0.2, 0.25) is 0 Å². The zero-order valence-electron chi connectivity index (χ0n) is 12.2. The van der Waals surface area contributed by atoms with Crippen molar-refractivity contribution in [1.82, 2.24) is 0 Å². The molecule has 1 aromatic carbocycles. The summed E-state index contributed by atoms with van der Waals surface area (Å²) in [4.78, 5) is 28.4. The third kappa shape index (κ3) is 3.33. The van der Waals surface area contributed by atoms with Crippen LogP contribution in [0.25, 0.3) is 11.0 Å². The third-order valence-electron chi connectivity index (χ3n) is 2.95. The van der Waals surface area contributed by atoms with Crippen molar-refractivity contribution in [2.75, 3.05) is 6.26 Å². The topological polar surface area (TPSA) is 68.9 Å². The zero-order valence-corrected chi connectivity index (χ0v) is 13.0. The van der Waals surface area contributed by atoms with E-state index in [0.717, 1.165) is 15.8 Å². The molecule has 0 spiro atoms. The summed E-state index contributed by atoms with van der Waals surface area (Å²) in [6.07, 6.45) is 1.99. The molecule has 2 rings (SSSR count). The number of carbonyl (C=O) groups excluding carboxylic acids is 1. The van der Waals surface area contributed by atoms with Crippen LogP contribution >= 0.6 is 11.8 Å². The molecule has 0 unspecified atom stereocenters. The van der Waals surface area contributed by atoms with Crippen molar-refractivity contribution in [1.29, 1.82) is 0 Å². The SMILES string of the molecule is CSc1cc2cc(/C(C)=N/OC(C)=O)c(=O)oc2cc1C. The summed E-state index contributed by atoms with van der Waals surface area (Å²) in [5.74, 6) is -0.542. The normalized spacial score (nSPS) is 11.7. The molecule has 0 aliphatic rings. The Balaban J connectivity index is 2.58. The van der Waals surface area contributed by atoms with E-state index in [0.29, 0.717) is 11.3 Å². The van der Waals surface area contributed by atoms with Gasteiger partial charge in [0.2, 0.25) is 0 Å². The van der Waals surface area contributed by atoms with Crippen molar-refractivity contribution in [3.8, 4) is 0 Å². The first kappa shape index (κ1) is 15.3. The molecule has 0 amide bonds. The van der Waals surface area contributed by atoms with Crippen molar-refractivity contribution in [3.63, 3.8) is 0 Å². The molecule has 1 aromatic heterocycles. The molecule has 1 heterocycles. The van der Waals surface area contributed by atoms with E-state index >= 15 is 0 Å². The van der Waals surface area contributed by atoms with Crippen LogP contribution in [0.3, 0.4) is 0 Å². The summed E-state index contributed by atoms with van der Waals surface area (Å²) in [6, 6.07) is 5.49. The Hall–Kier alpha value is -2.08. The molecule has 5 nitrogen and oxygen atoms in total. The van der Waals surface area contributed by atoms with Gasteiger partial charge in [0.25, 0.3) is 0 Å². The number of aryl methyl sites for hydroxylation is 1. The monoisotopic (exact) mass is 305 g/mol. The van der Waals surface area contributed by atoms with E-state index in [9.17, 15) is 9.59 Å². The quantitative estimate of drug-likeness (QED) is 0.286. The number of hydrogen-bond acceptors (Lipinski definition) is 6. The van der Waals surface area contributed by atoms with E-state index in [1.165, 1.54) is 6.92 Å². The van der Waals surface area contributed by atoms with Crippen LogP contribution in [0, 0.1) is 6.92 Å². The van der Waals surface area contributed by atoms with Gasteiger partial charge >= 0.3 is 11.6 Å². The summed E-state index contributed by atoms with van der Waals surface area (Å²) in [5, 5.41) is 4.43. The number of nitrogens with zero attached hydrogens (tertiary/aromatic N) is 1. The minimum Gasteiger partial charge on any atom is -0.422 e. The molecule has 110 valence electrons. The van der Waals surface area contributed by atoms with Crippen LogP contribution in [-0.4, -0.2) is 17.9 Å². The highest BCUT2D eigenvalue weighted by atomic mass is 32.2. The maximum Gasteiger partial charge on any atom is 0.345 e. The second kappa shape index (κ2) is 6.13. The minimum atomic E-state index is -0.542. The fourth-order valence-corrected chi connectivity index (χ4v) is 2.53. The molecule has 0 bridgehead atoms. The highest BCUT2D eigenvalue weighted by Gasteiger charge is 2.11. The Bertz CT molecular complexity index is 792. The standard InChI is InChI=1S/C15H15NO4S/c1-8-5-13-11(7-14(8)21-4)6-12(15(18)19-13)9(2)16-20-10(3)17/h5-7H,1-4H3/b16-9+. The second-order valence-electron chi connectivity index (χ2n) is 4.57. The van der Waals surface area contributed by atoms with Gasteiger partial charge in [-0.05, 0) is 43.9 Å². The van der Waals surface area contributed by atoms with E-state index in [1.54, 1.807) is 24.8 Å². The lowest BCUT2D eigenvalue weighted by Crippen LogP contribution is -2.13. The van der Waals surface area contributed by atoms with Crippen molar-refractivity contribution in [2.45, 2.75) is 25.7 Å². The first-order chi connectivity index (χ1) is 9.92. The van der Waals surface area contributed by atoms with Gasteiger partial charge in [-0.25, -0.2) is 9.59 Å². The number of oxime groups is 1. The Morgan fingerprint density at radius 3 is 2.62 bits per heavy atom. The van der Waals surface area contributed by atoms with E-state index < -0.39 is 11.6 Å². The van der Waals surface area contributed by atoms with Crippen molar-refractivity contribution >= 4 is 34.4 Å². The molecular weight excluding hydrogens is 290 g/mol. The summed E-state index contributed by atoms with van der Waals surface area (Å²) in [7, 11) is 0. The molecule has 0 radical (unpaired) electrons. The smallest absolute Gasteiger partial charge is 0.345 e. The van der Waals surface area contributed by atoms with E-state index in [1.807, 2.05) is 25.3 Å². The molecular formula is C15H15NO4S. The second-order valence-corrected chi connectivity index (χ2v) is 5.41. The highest BCUT2D eigenvalue weighted by molar-refractivity contribution is 7.98. The molecule has 0 fully saturated rings. The van der Waals surface area contributed by atoms with Gasteiger partial charge in [-0.2, -0.15) is 0 Å². The molecule has 2 aromatic rings. The van der Waals surface area contributed by atoms with Gasteiger partial charge in [0.1, 0.15) is 5.58 Å². The highest BCUT2D eigenvalue weighted by Crippen LogP contribution is 2.26. The molecule has 0 N–H and O–H groups in total. The lowest BCUT2D eigenvalue weighted by atomic mass is 10.1. The van der Waals surface area contributed by atoms with Crippen LogP contribution in [0.1, 0.15) is 25.0 Å². The fraction of sp³-hybridized carbons (Fsp3) is 0.267. The Morgan fingerprint density at radius 1 is 1.29 bits per heavy atom. The number of hydrogen-bond donors (Lipinski definition) is 0. The first-order valence-electron chi connectivity index (χ1n) is 6.27. The van der Waals surface area contributed by atoms with Crippen molar-refractivity contribution in [3.05, 3.63) is 39.7 Å². The third-order valence-corrected chi connectivity index (χ3v) is 3.83. The number of thioether (sulfide) groups is 1.